The van der Waals surface area contributed by atoms with E-state index >= 15 is 0 Å². The zero-order chi connectivity index (χ0) is 20.3. The summed E-state index contributed by atoms with van der Waals surface area (Å²) in [6.07, 6.45) is 10.6. The molecular weight excluding hydrogens is 348 g/mol. The molecule has 5 heteroatoms. The van der Waals surface area contributed by atoms with Gasteiger partial charge in [0.2, 0.25) is 5.91 Å². The van der Waals surface area contributed by atoms with Gasteiger partial charge in [0.05, 0.1) is 11.2 Å². The van der Waals surface area contributed by atoms with Gasteiger partial charge in [-0.05, 0) is 52.7 Å². The number of nitrogens with one attached hydrogen (secondary N) is 1. The molecule has 0 aromatic carbocycles. The van der Waals surface area contributed by atoms with Crippen LogP contribution in [0.15, 0.2) is 58.4 Å². The molecule has 28 heavy (non-hydrogen) atoms. The molecule has 1 aromatic heterocycles. The highest BCUT2D eigenvalue weighted by Crippen LogP contribution is 2.37. The Labute approximate surface area is 168 Å². The summed E-state index contributed by atoms with van der Waals surface area (Å²) in [5.41, 5.74) is 4.57. The van der Waals surface area contributed by atoms with E-state index in [0.717, 1.165) is 43.0 Å². The zero-order valence-electron chi connectivity index (χ0n) is 17.7. The normalized spacial score (nSPS) is 21.6. The summed E-state index contributed by atoms with van der Waals surface area (Å²) in [6, 6.07) is 4.25. The maximum atomic E-state index is 12.7. The molecule has 1 fully saturated rings. The topological polar surface area (TPSA) is 49.6 Å². The fraction of sp³-hybridized carbons (Fsp3) is 0.478. The Balaban J connectivity index is 1.73. The predicted molar refractivity (Wildman–Crippen MR) is 115 cm³/mol. The van der Waals surface area contributed by atoms with Crippen molar-refractivity contribution in [2.45, 2.75) is 52.5 Å². The molecule has 0 atom stereocenters. The first kappa shape index (κ1) is 20.2. The van der Waals surface area contributed by atoms with E-state index in [4.69, 9.17) is 0 Å². The van der Waals surface area contributed by atoms with Gasteiger partial charge in [-0.1, -0.05) is 29.4 Å². The summed E-state index contributed by atoms with van der Waals surface area (Å²) in [5.74, 6) is 1.16. The van der Waals surface area contributed by atoms with Crippen LogP contribution in [0.1, 0.15) is 52.7 Å². The second-order valence-electron chi connectivity index (χ2n) is 7.97. The van der Waals surface area contributed by atoms with Crippen LogP contribution in [-0.2, 0) is 10.3 Å². The van der Waals surface area contributed by atoms with E-state index in [9.17, 15) is 4.79 Å². The molecule has 0 aliphatic carbocycles. The molecule has 1 N–H and O–H groups in total. The molecule has 3 rings (SSSR count). The van der Waals surface area contributed by atoms with Gasteiger partial charge in [0.15, 0.2) is 5.84 Å². The summed E-state index contributed by atoms with van der Waals surface area (Å²) < 4.78 is 2.19. The quantitative estimate of drug-likeness (QED) is 0.806. The van der Waals surface area contributed by atoms with Gasteiger partial charge >= 0.3 is 0 Å². The van der Waals surface area contributed by atoms with E-state index in [1.54, 1.807) is 0 Å². The van der Waals surface area contributed by atoms with Gasteiger partial charge in [0.1, 0.15) is 0 Å². The van der Waals surface area contributed by atoms with Crippen LogP contribution in [0.4, 0.5) is 0 Å². The zero-order valence-corrected chi connectivity index (χ0v) is 17.7. The highest BCUT2D eigenvalue weighted by atomic mass is 16.2. The molecule has 1 saturated heterocycles. The molecule has 1 amide bonds. The molecule has 150 valence electrons. The van der Waals surface area contributed by atoms with Crippen LogP contribution in [0, 0.1) is 0 Å². The van der Waals surface area contributed by atoms with E-state index in [1.807, 2.05) is 24.9 Å². The van der Waals surface area contributed by atoms with Gasteiger partial charge in [-0.15, -0.1) is 0 Å². The number of carbonyl (C=O) groups is 1. The van der Waals surface area contributed by atoms with Crippen LogP contribution in [0.2, 0.25) is 0 Å². The Kier molecular flexibility index (Phi) is 5.92. The number of likely N-dealkylation sites (tertiary alicyclic amines) is 1. The molecule has 0 bridgehead atoms. The third-order valence-corrected chi connectivity index (χ3v) is 5.67. The van der Waals surface area contributed by atoms with E-state index in [0.29, 0.717) is 6.42 Å². The minimum absolute atomic E-state index is 0.135. The van der Waals surface area contributed by atoms with Crippen LogP contribution >= 0.6 is 0 Å². The van der Waals surface area contributed by atoms with Gasteiger partial charge in [-0.25, -0.2) is 0 Å². The highest BCUT2D eigenvalue weighted by molar-refractivity contribution is 6.01. The molecule has 2 aliphatic rings. The smallest absolute Gasteiger partial charge is 0.226 e. The Hall–Kier alpha value is -2.56. The Morgan fingerprint density at radius 3 is 2.61 bits per heavy atom. The molecule has 0 unspecified atom stereocenters. The first-order chi connectivity index (χ1) is 13.4. The number of allylic oxidation sites excluding steroid dienone is 5. The van der Waals surface area contributed by atoms with E-state index < -0.39 is 0 Å². The van der Waals surface area contributed by atoms with Gasteiger partial charge < -0.3 is 14.8 Å². The highest BCUT2D eigenvalue weighted by Gasteiger charge is 2.43. The number of aliphatic imine (C=N–C) groups is 1. The van der Waals surface area contributed by atoms with Gasteiger partial charge in [0, 0.05) is 38.4 Å². The average molecular weight is 381 g/mol. The van der Waals surface area contributed by atoms with Crippen molar-refractivity contribution in [1.82, 2.24) is 14.8 Å². The number of aromatic nitrogens is 1. The third kappa shape index (κ3) is 3.84. The van der Waals surface area contributed by atoms with Crippen LogP contribution in [-0.4, -0.2) is 41.3 Å². The predicted octanol–water partition coefficient (Wildman–Crippen LogP) is 3.99. The lowest BCUT2D eigenvalue weighted by molar-refractivity contribution is -0.132. The number of hydrogen-bond acceptors (Lipinski definition) is 3. The summed E-state index contributed by atoms with van der Waals surface area (Å²) >= 11 is 0. The maximum absolute atomic E-state index is 12.7. The summed E-state index contributed by atoms with van der Waals surface area (Å²) in [4.78, 5) is 19.2. The standard InChI is InChI=1S/C23H32N4O/c1-6-19-22(24-5)27-13-7-8-20(27)23(25-19)11-14-26(15-12-23)21(28)10-9-18(4)16-17(2)3/h6-9,13,16,25H,10-12,14-15H2,1-5H3/b18-9-,19-6+,24-22?. The van der Waals surface area contributed by atoms with Crippen molar-refractivity contribution in [3.05, 3.63) is 59.1 Å². The third-order valence-electron chi connectivity index (χ3n) is 5.67. The molecule has 1 spiro atoms. The summed E-state index contributed by atoms with van der Waals surface area (Å²) in [6.45, 7) is 9.77. The van der Waals surface area contributed by atoms with Gasteiger partial charge in [0.25, 0.3) is 0 Å². The van der Waals surface area contributed by atoms with Gasteiger partial charge in [-0.3, -0.25) is 9.79 Å². The van der Waals surface area contributed by atoms with Crippen molar-refractivity contribution in [2.75, 3.05) is 20.1 Å². The SMILES string of the molecule is C/C=C1/NC2(CCN(C(=O)C/C=C(/C)C=C(C)C)CC2)c2cccn2C1=NC. The Morgan fingerprint density at radius 2 is 2.00 bits per heavy atom. The average Bonchev–Trinajstić information content (AvgIpc) is 3.17. The van der Waals surface area contributed by atoms with Crippen LogP contribution in [0.3, 0.4) is 0 Å². The first-order valence-corrected chi connectivity index (χ1v) is 10.1. The van der Waals surface area contributed by atoms with E-state index in [2.05, 4.69) is 66.1 Å². The monoisotopic (exact) mass is 380 g/mol. The Morgan fingerprint density at radius 1 is 1.29 bits per heavy atom. The minimum atomic E-state index is -0.135. The van der Waals surface area contributed by atoms with Gasteiger partial charge in [-0.2, -0.15) is 0 Å². The summed E-state index contributed by atoms with van der Waals surface area (Å²) in [7, 11) is 1.83. The number of nitrogens with zero attached hydrogens (tertiary/aromatic N) is 3. The number of fused-ring (bicyclic) bond motifs is 2. The van der Waals surface area contributed by atoms with Crippen molar-refractivity contribution < 1.29 is 4.79 Å². The second-order valence-corrected chi connectivity index (χ2v) is 7.97. The van der Waals surface area contributed by atoms with Crippen LogP contribution in [0.5, 0.6) is 0 Å². The molecule has 0 radical (unpaired) electrons. The van der Waals surface area contributed by atoms with Crippen molar-refractivity contribution in [3.63, 3.8) is 0 Å². The molecule has 0 saturated carbocycles. The number of carbonyl (C=O) groups excluding carboxylic acids is 1. The lowest BCUT2D eigenvalue weighted by atomic mass is 9.82. The molecule has 3 heterocycles. The van der Waals surface area contributed by atoms with Crippen LogP contribution in [0.25, 0.3) is 0 Å². The van der Waals surface area contributed by atoms with E-state index in [1.165, 1.54) is 11.3 Å². The van der Waals surface area contributed by atoms with Crippen molar-refractivity contribution in [2.24, 2.45) is 4.99 Å². The number of piperidine rings is 1. The van der Waals surface area contributed by atoms with Crippen LogP contribution < -0.4 is 5.32 Å². The molecule has 1 aromatic rings. The fourth-order valence-corrected chi connectivity index (χ4v) is 4.30. The van der Waals surface area contributed by atoms with E-state index in [-0.39, 0.29) is 11.4 Å². The number of rotatable bonds is 3. The molecular formula is C23H32N4O. The van der Waals surface area contributed by atoms with Crippen molar-refractivity contribution >= 4 is 11.7 Å². The van der Waals surface area contributed by atoms with Crippen molar-refractivity contribution in [1.29, 1.82) is 0 Å². The summed E-state index contributed by atoms with van der Waals surface area (Å²) in [5, 5.41) is 3.74. The maximum Gasteiger partial charge on any atom is 0.226 e. The first-order valence-electron chi connectivity index (χ1n) is 10.1. The Bertz CT molecular complexity index is 857. The minimum Gasteiger partial charge on any atom is -0.371 e. The number of amides is 1. The van der Waals surface area contributed by atoms with Crippen molar-refractivity contribution in [3.8, 4) is 0 Å². The fourth-order valence-electron chi connectivity index (χ4n) is 4.30. The second kappa shape index (κ2) is 8.21. The lowest BCUT2D eigenvalue weighted by Gasteiger charge is -2.46. The lowest BCUT2D eigenvalue weighted by Crippen LogP contribution is -2.56. The molecule has 2 aliphatic heterocycles. The largest absolute Gasteiger partial charge is 0.371 e. The molecule has 5 nitrogen and oxygen atoms in total. The number of hydrogen-bond donors (Lipinski definition) is 1.